The number of carbonyl (C=O) groups excluding carboxylic acids is 1. The van der Waals surface area contributed by atoms with Gasteiger partial charge in [-0.05, 0) is 24.3 Å². The lowest BCUT2D eigenvalue weighted by molar-refractivity contribution is 0.0988. The van der Waals surface area contributed by atoms with Gasteiger partial charge in [-0.1, -0.05) is 6.92 Å². The minimum atomic E-state index is 0.0860. The SMILES string of the molecule is CCC(=O)c1ccc(OC/C(=C/F)CN)cc1. The molecule has 0 saturated heterocycles. The molecule has 17 heavy (non-hydrogen) atoms. The van der Waals surface area contributed by atoms with Crippen LogP contribution in [0.2, 0.25) is 0 Å². The van der Waals surface area contributed by atoms with Crippen molar-refractivity contribution in [3.05, 3.63) is 41.7 Å². The summed E-state index contributed by atoms with van der Waals surface area (Å²) in [5.74, 6) is 0.674. The van der Waals surface area contributed by atoms with Crippen LogP contribution in [0.3, 0.4) is 0 Å². The molecule has 0 spiro atoms. The van der Waals surface area contributed by atoms with Crippen LogP contribution in [0.25, 0.3) is 0 Å². The van der Waals surface area contributed by atoms with Crippen molar-refractivity contribution in [1.29, 1.82) is 0 Å². The molecule has 0 amide bonds. The lowest BCUT2D eigenvalue weighted by atomic mass is 10.1. The Labute approximate surface area is 100 Å². The van der Waals surface area contributed by atoms with Gasteiger partial charge in [0.2, 0.25) is 0 Å². The van der Waals surface area contributed by atoms with E-state index in [1.807, 2.05) is 6.92 Å². The van der Waals surface area contributed by atoms with Crippen LogP contribution in [-0.2, 0) is 0 Å². The molecule has 0 aliphatic rings. The Kier molecular flexibility index (Phi) is 5.36. The third-order valence-corrected chi connectivity index (χ3v) is 2.34. The van der Waals surface area contributed by atoms with Crippen molar-refractivity contribution in [2.45, 2.75) is 13.3 Å². The molecule has 0 bridgehead atoms. The van der Waals surface area contributed by atoms with Gasteiger partial charge in [-0.2, -0.15) is 0 Å². The van der Waals surface area contributed by atoms with E-state index in [4.69, 9.17) is 10.5 Å². The van der Waals surface area contributed by atoms with Crippen LogP contribution >= 0.6 is 0 Å². The Bertz CT molecular complexity index is 398. The fraction of sp³-hybridized carbons (Fsp3) is 0.308. The topological polar surface area (TPSA) is 52.3 Å². The summed E-state index contributed by atoms with van der Waals surface area (Å²) in [6, 6.07) is 6.77. The smallest absolute Gasteiger partial charge is 0.162 e. The van der Waals surface area contributed by atoms with Crippen molar-refractivity contribution in [3.8, 4) is 5.75 Å². The molecule has 1 aromatic carbocycles. The zero-order valence-corrected chi connectivity index (χ0v) is 9.78. The highest BCUT2D eigenvalue weighted by atomic mass is 19.1. The summed E-state index contributed by atoms with van der Waals surface area (Å²) < 4.78 is 17.5. The van der Waals surface area contributed by atoms with E-state index >= 15 is 0 Å². The Morgan fingerprint density at radius 3 is 2.53 bits per heavy atom. The summed E-state index contributed by atoms with van der Waals surface area (Å²) in [6.07, 6.45) is 0.928. The largest absolute Gasteiger partial charge is 0.489 e. The molecule has 0 aromatic heterocycles. The van der Waals surface area contributed by atoms with Crippen LogP contribution in [0.4, 0.5) is 4.39 Å². The molecule has 0 fully saturated rings. The molecule has 0 heterocycles. The van der Waals surface area contributed by atoms with Crippen molar-refractivity contribution in [2.75, 3.05) is 13.2 Å². The van der Waals surface area contributed by atoms with E-state index in [-0.39, 0.29) is 18.9 Å². The van der Waals surface area contributed by atoms with Crippen LogP contribution in [0.15, 0.2) is 36.2 Å². The van der Waals surface area contributed by atoms with E-state index in [1.165, 1.54) is 0 Å². The third-order valence-electron chi connectivity index (χ3n) is 2.34. The van der Waals surface area contributed by atoms with Crippen LogP contribution in [0.5, 0.6) is 5.75 Å². The first kappa shape index (κ1) is 13.4. The van der Waals surface area contributed by atoms with Crippen LogP contribution < -0.4 is 10.5 Å². The second kappa shape index (κ2) is 6.81. The number of ketones is 1. The quantitative estimate of drug-likeness (QED) is 0.773. The fourth-order valence-electron chi connectivity index (χ4n) is 1.25. The number of nitrogens with two attached hydrogens (primary N) is 1. The number of Topliss-reactive ketones (excluding diaryl/α,β-unsaturated/α-hetero) is 1. The van der Waals surface area contributed by atoms with Gasteiger partial charge in [0.05, 0.1) is 6.33 Å². The van der Waals surface area contributed by atoms with Gasteiger partial charge >= 0.3 is 0 Å². The number of halogens is 1. The maximum absolute atomic E-state index is 12.2. The summed E-state index contributed by atoms with van der Waals surface area (Å²) in [6.45, 7) is 2.06. The Morgan fingerprint density at radius 2 is 2.06 bits per heavy atom. The zero-order chi connectivity index (χ0) is 12.7. The molecule has 1 rings (SSSR count). The first-order valence-electron chi connectivity index (χ1n) is 5.45. The van der Waals surface area contributed by atoms with E-state index in [1.54, 1.807) is 24.3 Å². The van der Waals surface area contributed by atoms with Gasteiger partial charge < -0.3 is 10.5 Å². The first-order chi connectivity index (χ1) is 8.21. The van der Waals surface area contributed by atoms with Gasteiger partial charge in [-0.3, -0.25) is 4.79 Å². The molecule has 2 N–H and O–H groups in total. The number of rotatable bonds is 6. The first-order valence-corrected chi connectivity index (χ1v) is 5.45. The lowest BCUT2D eigenvalue weighted by Crippen LogP contribution is -2.10. The van der Waals surface area contributed by atoms with E-state index < -0.39 is 0 Å². The molecule has 0 saturated carbocycles. The predicted molar refractivity (Wildman–Crippen MR) is 64.8 cm³/mol. The highest BCUT2D eigenvalue weighted by molar-refractivity contribution is 5.95. The van der Waals surface area contributed by atoms with Gasteiger partial charge in [-0.25, -0.2) is 4.39 Å². The average Bonchev–Trinajstić information content (AvgIpc) is 2.39. The Hall–Kier alpha value is -1.68. The van der Waals surface area contributed by atoms with Gasteiger partial charge in [0.25, 0.3) is 0 Å². The highest BCUT2D eigenvalue weighted by Crippen LogP contribution is 2.14. The second-order valence-electron chi connectivity index (χ2n) is 3.56. The lowest BCUT2D eigenvalue weighted by Gasteiger charge is -2.07. The van der Waals surface area contributed by atoms with Crippen molar-refractivity contribution < 1.29 is 13.9 Å². The second-order valence-corrected chi connectivity index (χ2v) is 3.56. The highest BCUT2D eigenvalue weighted by Gasteiger charge is 2.03. The molecule has 0 radical (unpaired) electrons. The summed E-state index contributed by atoms with van der Waals surface area (Å²) >= 11 is 0. The van der Waals surface area contributed by atoms with Crippen molar-refractivity contribution >= 4 is 5.78 Å². The molecule has 0 atom stereocenters. The minimum Gasteiger partial charge on any atom is -0.489 e. The maximum Gasteiger partial charge on any atom is 0.162 e. The molecule has 0 unspecified atom stereocenters. The molecule has 4 heteroatoms. The van der Waals surface area contributed by atoms with Gasteiger partial charge in [-0.15, -0.1) is 0 Å². The van der Waals surface area contributed by atoms with E-state index in [2.05, 4.69) is 0 Å². The standard InChI is InChI=1S/C13H16FNO2/c1-2-13(16)11-3-5-12(6-4-11)17-9-10(7-14)8-15/h3-7H,2,8-9,15H2,1H3/b10-7+. The third kappa shape index (κ3) is 4.00. The molecule has 92 valence electrons. The summed E-state index contributed by atoms with van der Waals surface area (Å²) in [5, 5.41) is 0. The normalized spacial score (nSPS) is 11.4. The van der Waals surface area contributed by atoms with E-state index in [9.17, 15) is 9.18 Å². The number of hydrogen-bond donors (Lipinski definition) is 1. The van der Waals surface area contributed by atoms with E-state index in [0.29, 0.717) is 29.6 Å². The number of ether oxygens (including phenoxy) is 1. The van der Waals surface area contributed by atoms with Gasteiger partial charge in [0, 0.05) is 24.1 Å². The number of benzene rings is 1. The summed E-state index contributed by atoms with van der Waals surface area (Å²) in [5.41, 5.74) is 6.34. The maximum atomic E-state index is 12.2. The fourth-order valence-corrected chi connectivity index (χ4v) is 1.25. The monoisotopic (exact) mass is 237 g/mol. The van der Waals surface area contributed by atoms with Crippen LogP contribution in [0, 0.1) is 0 Å². The summed E-state index contributed by atoms with van der Waals surface area (Å²) in [7, 11) is 0. The van der Waals surface area contributed by atoms with Crippen molar-refractivity contribution in [1.82, 2.24) is 0 Å². The van der Waals surface area contributed by atoms with Crippen LogP contribution in [-0.4, -0.2) is 18.9 Å². The molecule has 0 aliphatic carbocycles. The Morgan fingerprint density at radius 1 is 1.41 bits per heavy atom. The van der Waals surface area contributed by atoms with Crippen molar-refractivity contribution in [2.24, 2.45) is 5.73 Å². The molecular formula is C13H16FNO2. The van der Waals surface area contributed by atoms with Crippen LogP contribution in [0.1, 0.15) is 23.7 Å². The van der Waals surface area contributed by atoms with Crippen molar-refractivity contribution in [3.63, 3.8) is 0 Å². The molecule has 0 aliphatic heterocycles. The molecular weight excluding hydrogens is 221 g/mol. The van der Waals surface area contributed by atoms with Gasteiger partial charge in [0.1, 0.15) is 12.4 Å². The molecule has 1 aromatic rings. The number of hydrogen-bond acceptors (Lipinski definition) is 3. The Balaban J connectivity index is 2.60. The minimum absolute atomic E-state index is 0.0860. The predicted octanol–water partition coefficient (Wildman–Crippen LogP) is 2.47. The zero-order valence-electron chi connectivity index (χ0n) is 9.78. The average molecular weight is 237 g/mol. The van der Waals surface area contributed by atoms with E-state index in [0.717, 1.165) is 0 Å². The summed E-state index contributed by atoms with van der Waals surface area (Å²) in [4.78, 5) is 11.4. The van der Waals surface area contributed by atoms with Gasteiger partial charge in [0.15, 0.2) is 5.78 Å². The molecule has 3 nitrogen and oxygen atoms in total. The number of carbonyl (C=O) groups is 1.